The van der Waals surface area contributed by atoms with E-state index in [4.69, 9.17) is 9.47 Å². The first-order valence-electron chi connectivity index (χ1n) is 5.93. The fourth-order valence-electron chi connectivity index (χ4n) is 1.25. The largest absolute Gasteiger partial charge is 0.465 e. The Hall–Kier alpha value is -1.58. The quantitative estimate of drug-likeness (QED) is 0.415. The second-order valence-electron chi connectivity index (χ2n) is 4.57. The summed E-state index contributed by atoms with van der Waals surface area (Å²) in [4.78, 5) is 23.4. The van der Waals surface area contributed by atoms with E-state index in [0.29, 0.717) is 12.2 Å². The van der Waals surface area contributed by atoms with E-state index in [2.05, 4.69) is 6.58 Å². The van der Waals surface area contributed by atoms with E-state index in [-0.39, 0.29) is 0 Å². The molecule has 0 aliphatic carbocycles. The van der Waals surface area contributed by atoms with Crippen molar-refractivity contribution in [3.63, 3.8) is 0 Å². The minimum absolute atomic E-state index is 0.291. The highest BCUT2D eigenvalue weighted by atomic mass is 16.6. The molecule has 4 heteroatoms. The van der Waals surface area contributed by atoms with Crippen LogP contribution < -0.4 is 0 Å². The Morgan fingerprint density at radius 1 is 1.39 bits per heavy atom. The molecule has 0 radical (unpaired) electrons. The summed E-state index contributed by atoms with van der Waals surface area (Å²) in [5.41, 5.74) is -0.641. The van der Waals surface area contributed by atoms with Gasteiger partial charge >= 0.3 is 11.9 Å². The van der Waals surface area contributed by atoms with Gasteiger partial charge in [0.15, 0.2) is 0 Å². The molecule has 4 nitrogen and oxygen atoms in total. The number of carbonyl (C=O) groups excluding carboxylic acids is 2. The topological polar surface area (TPSA) is 52.6 Å². The number of carbonyl (C=O) groups is 2. The van der Waals surface area contributed by atoms with Gasteiger partial charge in [0.25, 0.3) is 0 Å². The average Bonchev–Trinajstić information content (AvgIpc) is 2.28. The second-order valence-corrected chi connectivity index (χ2v) is 4.57. The minimum Gasteiger partial charge on any atom is -0.465 e. The second kappa shape index (κ2) is 6.99. The standard InChI is InChI=1S/C14H22O4/c1-7-9-11(18-12(15)10(3)4)14(5,6)13(16)17-8-2/h7,9,11H,3,8H2,1-2,4-6H3. The predicted octanol–water partition coefficient (Wildman–Crippen LogP) is 2.64. The Morgan fingerprint density at radius 3 is 2.33 bits per heavy atom. The molecule has 0 N–H and O–H groups in total. The summed E-state index contributed by atoms with van der Waals surface area (Å²) in [5, 5.41) is 0. The van der Waals surface area contributed by atoms with Crippen LogP contribution in [0.15, 0.2) is 24.3 Å². The summed E-state index contributed by atoms with van der Waals surface area (Å²) in [6.45, 7) is 12.3. The minimum atomic E-state index is -0.937. The normalized spacial score (nSPS) is 13.2. The summed E-state index contributed by atoms with van der Waals surface area (Å²) < 4.78 is 10.2. The maximum atomic E-state index is 11.9. The Bertz CT molecular complexity index is 353. The molecule has 0 amide bonds. The molecule has 1 atom stereocenters. The summed E-state index contributed by atoms with van der Waals surface area (Å²) in [6.07, 6.45) is 2.72. The van der Waals surface area contributed by atoms with Gasteiger partial charge in [-0.25, -0.2) is 4.79 Å². The van der Waals surface area contributed by atoms with Gasteiger partial charge in [-0.3, -0.25) is 4.79 Å². The molecular weight excluding hydrogens is 232 g/mol. The molecule has 0 aromatic rings. The third-order valence-electron chi connectivity index (χ3n) is 2.46. The Morgan fingerprint density at radius 2 is 1.94 bits per heavy atom. The van der Waals surface area contributed by atoms with Gasteiger partial charge in [-0.15, -0.1) is 0 Å². The zero-order valence-electron chi connectivity index (χ0n) is 11.8. The Kier molecular flexibility index (Phi) is 6.37. The molecule has 0 aliphatic heterocycles. The van der Waals surface area contributed by atoms with Gasteiger partial charge in [-0.2, -0.15) is 0 Å². The molecule has 0 bridgehead atoms. The molecule has 0 aromatic heterocycles. The van der Waals surface area contributed by atoms with Gasteiger partial charge in [0.2, 0.25) is 0 Å². The van der Waals surface area contributed by atoms with Gasteiger partial charge in [-0.1, -0.05) is 12.7 Å². The highest BCUT2D eigenvalue weighted by molar-refractivity contribution is 5.87. The van der Waals surface area contributed by atoms with Crippen molar-refractivity contribution in [2.45, 2.75) is 40.7 Å². The van der Waals surface area contributed by atoms with Crippen molar-refractivity contribution in [2.24, 2.45) is 5.41 Å². The summed E-state index contributed by atoms with van der Waals surface area (Å²) in [6, 6.07) is 0. The molecular formula is C14H22O4. The maximum Gasteiger partial charge on any atom is 0.333 e. The van der Waals surface area contributed by atoms with Crippen LogP contribution in [0.25, 0.3) is 0 Å². The van der Waals surface area contributed by atoms with E-state index in [1.807, 2.05) is 0 Å². The van der Waals surface area contributed by atoms with Crippen LogP contribution >= 0.6 is 0 Å². The van der Waals surface area contributed by atoms with E-state index in [1.54, 1.807) is 46.8 Å². The highest BCUT2D eigenvalue weighted by Gasteiger charge is 2.39. The van der Waals surface area contributed by atoms with Crippen LogP contribution in [-0.4, -0.2) is 24.6 Å². The van der Waals surface area contributed by atoms with Crippen molar-refractivity contribution in [1.82, 2.24) is 0 Å². The zero-order chi connectivity index (χ0) is 14.3. The SMILES string of the molecule is C=C(C)C(=O)OC(C=CC)C(C)(C)C(=O)OCC. The lowest BCUT2D eigenvalue weighted by molar-refractivity contribution is -0.164. The van der Waals surface area contributed by atoms with Crippen LogP contribution in [0, 0.1) is 5.41 Å². The Labute approximate surface area is 109 Å². The van der Waals surface area contributed by atoms with Crippen molar-refractivity contribution in [1.29, 1.82) is 0 Å². The van der Waals surface area contributed by atoms with Crippen molar-refractivity contribution in [3.05, 3.63) is 24.3 Å². The van der Waals surface area contributed by atoms with E-state index >= 15 is 0 Å². The van der Waals surface area contributed by atoms with Gasteiger partial charge in [0.05, 0.1) is 6.61 Å². The lowest BCUT2D eigenvalue weighted by atomic mass is 9.86. The van der Waals surface area contributed by atoms with E-state index in [9.17, 15) is 9.59 Å². The fourth-order valence-corrected chi connectivity index (χ4v) is 1.25. The van der Waals surface area contributed by atoms with E-state index < -0.39 is 23.5 Å². The molecule has 0 saturated heterocycles. The third kappa shape index (κ3) is 4.35. The van der Waals surface area contributed by atoms with Gasteiger partial charge < -0.3 is 9.47 Å². The fraction of sp³-hybridized carbons (Fsp3) is 0.571. The Balaban J connectivity index is 5.03. The molecule has 0 spiro atoms. The van der Waals surface area contributed by atoms with Crippen LogP contribution in [0.5, 0.6) is 0 Å². The van der Waals surface area contributed by atoms with E-state index in [0.717, 1.165) is 0 Å². The van der Waals surface area contributed by atoms with Crippen molar-refractivity contribution in [3.8, 4) is 0 Å². The molecule has 102 valence electrons. The molecule has 0 fully saturated rings. The summed E-state index contributed by atoms with van der Waals surface area (Å²) in [7, 11) is 0. The highest BCUT2D eigenvalue weighted by Crippen LogP contribution is 2.27. The van der Waals surface area contributed by atoms with Gasteiger partial charge in [0.1, 0.15) is 11.5 Å². The summed E-state index contributed by atoms with van der Waals surface area (Å²) >= 11 is 0. The zero-order valence-corrected chi connectivity index (χ0v) is 11.8. The lowest BCUT2D eigenvalue weighted by Gasteiger charge is -2.29. The molecule has 18 heavy (non-hydrogen) atoms. The molecule has 0 aromatic carbocycles. The van der Waals surface area contributed by atoms with Crippen LogP contribution in [0.4, 0.5) is 0 Å². The van der Waals surface area contributed by atoms with Gasteiger partial charge in [-0.05, 0) is 40.7 Å². The smallest absolute Gasteiger partial charge is 0.333 e. The maximum absolute atomic E-state index is 11.9. The number of hydrogen-bond acceptors (Lipinski definition) is 4. The molecule has 0 aliphatic rings. The van der Waals surface area contributed by atoms with Crippen molar-refractivity contribution in [2.75, 3.05) is 6.61 Å². The molecule has 0 rings (SSSR count). The summed E-state index contributed by atoms with van der Waals surface area (Å²) in [5.74, 6) is -0.918. The number of rotatable bonds is 6. The van der Waals surface area contributed by atoms with Crippen LogP contribution in [0.1, 0.15) is 34.6 Å². The predicted molar refractivity (Wildman–Crippen MR) is 69.9 cm³/mol. The van der Waals surface area contributed by atoms with Crippen LogP contribution in [0.3, 0.4) is 0 Å². The molecule has 1 unspecified atom stereocenters. The first kappa shape index (κ1) is 16.4. The van der Waals surface area contributed by atoms with Crippen molar-refractivity contribution < 1.29 is 19.1 Å². The van der Waals surface area contributed by atoms with Crippen molar-refractivity contribution >= 4 is 11.9 Å². The number of ether oxygens (including phenoxy) is 2. The molecule has 0 saturated carbocycles. The average molecular weight is 254 g/mol. The first-order chi connectivity index (χ1) is 8.27. The van der Waals surface area contributed by atoms with E-state index in [1.165, 1.54) is 0 Å². The monoisotopic (exact) mass is 254 g/mol. The first-order valence-corrected chi connectivity index (χ1v) is 5.93. The number of hydrogen-bond donors (Lipinski definition) is 0. The number of allylic oxidation sites excluding steroid dienone is 1. The van der Waals surface area contributed by atoms with Crippen LogP contribution in [-0.2, 0) is 19.1 Å². The van der Waals surface area contributed by atoms with Crippen LogP contribution in [0.2, 0.25) is 0 Å². The molecule has 0 heterocycles. The van der Waals surface area contributed by atoms with Gasteiger partial charge in [0, 0.05) is 5.57 Å². The third-order valence-corrected chi connectivity index (χ3v) is 2.46. The lowest BCUT2D eigenvalue weighted by Crippen LogP contribution is -2.40. The number of esters is 2.